The van der Waals surface area contributed by atoms with Gasteiger partial charge in [0.25, 0.3) is 0 Å². The predicted octanol–water partition coefficient (Wildman–Crippen LogP) is 6.42. The van der Waals surface area contributed by atoms with Crippen LogP contribution >= 0.6 is 0 Å². The van der Waals surface area contributed by atoms with E-state index in [2.05, 4.69) is 99.6 Å². The van der Waals surface area contributed by atoms with Gasteiger partial charge in [0.15, 0.2) is 0 Å². The lowest BCUT2D eigenvalue weighted by Crippen LogP contribution is -1.94. The molecule has 0 amide bonds. The molecule has 0 radical (unpaired) electrons. The van der Waals surface area contributed by atoms with Crippen LogP contribution in [0, 0.1) is 13.8 Å². The summed E-state index contributed by atoms with van der Waals surface area (Å²) in [4.78, 5) is 0. The number of rotatable bonds is 3. The highest BCUT2D eigenvalue weighted by Crippen LogP contribution is 2.33. The third-order valence-electron chi connectivity index (χ3n) is 4.30. The van der Waals surface area contributed by atoms with Gasteiger partial charge < -0.3 is 0 Å². The topological polar surface area (TPSA) is 0 Å². The summed E-state index contributed by atoms with van der Waals surface area (Å²) in [6.45, 7) is 6.42. The molecule has 3 aromatic rings. The van der Waals surface area contributed by atoms with E-state index in [1.165, 1.54) is 39.0 Å². The minimum atomic E-state index is 1.26. The van der Waals surface area contributed by atoms with Gasteiger partial charge in [0.1, 0.15) is 0 Å². The first-order valence-electron chi connectivity index (χ1n) is 8.09. The maximum absolute atomic E-state index is 2.22. The summed E-state index contributed by atoms with van der Waals surface area (Å²) < 4.78 is 0. The van der Waals surface area contributed by atoms with Crippen LogP contribution in [0.15, 0.2) is 78.9 Å². The van der Waals surface area contributed by atoms with E-state index in [0.717, 1.165) is 0 Å². The maximum atomic E-state index is 2.22. The van der Waals surface area contributed by atoms with Crippen LogP contribution in [0.5, 0.6) is 0 Å². The Kier molecular flexibility index (Phi) is 4.43. The minimum Gasteiger partial charge on any atom is -0.0791 e. The van der Waals surface area contributed by atoms with Crippen molar-refractivity contribution in [1.82, 2.24) is 0 Å². The SMILES string of the molecule is C/C=C(\c1ccccc1C)c1ccccc1-c1ccc(C)cc1. The van der Waals surface area contributed by atoms with E-state index in [0.29, 0.717) is 0 Å². The summed E-state index contributed by atoms with van der Waals surface area (Å²) in [5.41, 5.74) is 9.01. The fourth-order valence-electron chi connectivity index (χ4n) is 3.03. The van der Waals surface area contributed by atoms with Crippen molar-refractivity contribution < 1.29 is 0 Å². The normalized spacial score (nSPS) is 11.5. The fraction of sp³-hybridized carbons (Fsp3) is 0.130. The molecule has 0 saturated carbocycles. The third kappa shape index (κ3) is 3.12. The van der Waals surface area contributed by atoms with E-state index in [1.54, 1.807) is 0 Å². The summed E-state index contributed by atoms with van der Waals surface area (Å²) in [5, 5.41) is 0. The van der Waals surface area contributed by atoms with Gasteiger partial charge in [-0.2, -0.15) is 0 Å². The molecule has 0 aliphatic heterocycles. The Labute approximate surface area is 139 Å². The van der Waals surface area contributed by atoms with E-state index in [9.17, 15) is 0 Å². The Balaban J connectivity index is 2.17. The molecule has 0 heteroatoms. The van der Waals surface area contributed by atoms with Crippen LogP contribution in [0.3, 0.4) is 0 Å². The van der Waals surface area contributed by atoms with Crippen LogP contribution < -0.4 is 0 Å². The Morgan fingerprint density at radius 1 is 0.696 bits per heavy atom. The van der Waals surface area contributed by atoms with Crippen molar-refractivity contribution in [1.29, 1.82) is 0 Å². The predicted molar refractivity (Wildman–Crippen MR) is 101 cm³/mol. The number of aryl methyl sites for hydroxylation is 2. The molecule has 0 nitrogen and oxygen atoms in total. The molecule has 0 bridgehead atoms. The van der Waals surface area contributed by atoms with Gasteiger partial charge in [0, 0.05) is 0 Å². The lowest BCUT2D eigenvalue weighted by Gasteiger charge is -2.15. The Morgan fingerprint density at radius 2 is 1.30 bits per heavy atom. The van der Waals surface area contributed by atoms with Crippen molar-refractivity contribution in [3.8, 4) is 11.1 Å². The van der Waals surface area contributed by atoms with Gasteiger partial charge in [-0.25, -0.2) is 0 Å². The second kappa shape index (κ2) is 6.66. The zero-order valence-corrected chi connectivity index (χ0v) is 14.0. The van der Waals surface area contributed by atoms with Gasteiger partial charge in [0.2, 0.25) is 0 Å². The van der Waals surface area contributed by atoms with Gasteiger partial charge >= 0.3 is 0 Å². The molecule has 0 aliphatic rings. The lowest BCUT2D eigenvalue weighted by atomic mass is 9.88. The van der Waals surface area contributed by atoms with Gasteiger partial charge in [-0.3, -0.25) is 0 Å². The first-order valence-corrected chi connectivity index (χ1v) is 8.09. The molecular weight excluding hydrogens is 276 g/mol. The zero-order valence-electron chi connectivity index (χ0n) is 14.0. The summed E-state index contributed by atoms with van der Waals surface area (Å²) in [6.07, 6.45) is 2.22. The number of benzene rings is 3. The average molecular weight is 298 g/mol. The monoisotopic (exact) mass is 298 g/mol. The molecule has 0 N–H and O–H groups in total. The van der Waals surface area contributed by atoms with Gasteiger partial charge in [-0.15, -0.1) is 0 Å². The van der Waals surface area contributed by atoms with Crippen LogP contribution in [0.1, 0.15) is 29.2 Å². The molecule has 0 saturated heterocycles. The van der Waals surface area contributed by atoms with Crippen molar-refractivity contribution in [2.24, 2.45) is 0 Å². The molecule has 0 aliphatic carbocycles. The highest BCUT2D eigenvalue weighted by molar-refractivity contribution is 5.89. The quantitative estimate of drug-likeness (QED) is 0.523. The van der Waals surface area contributed by atoms with Gasteiger partial charge in [0.05, 0.1) is 0 Å². The van der Waals surface area contributed by atoms with Crippen LogP contribution in [-0.2, 0) is 0 Å². The molecule has 0 aromatic heterocycles. The maximum Gasteiger partial charge on any atom is -0.0103 e. The molecule has 3 rings (SSSR count). The van der Waals surface area contributed by atoms with Crippen molar-refractivity contribution in [2.75, 3.05) is 0 Å². The minimum absolute atomic E-state index is 1.26. The summed E-state index contributed by atoms with van der Waals surface area (Å²) >= 11 is 0. The van der Waals surface area contributed by atoms with Crippen LogP contribution in [-0.4, -0.2) is 0 Å². The smallest absolute Gasteiger partial charge is 0.0103 e. The second-order valence-electron chi connectivity index (χ2n) is 5.93. The lowest BCUT2D eigenvalue weighted by molar-refractivity contribution is 1.40. The first-order chi connectivity index (χ1) is 11.2. The van der Waals surface area contributed by atoms with E-state index in [1.807, 2.05) is 0 Å². The molecule has 3 aromatic carbocycles. The van der Waals surface area contributed by atoms with Crippen molar-refractivity contribution >= 4 is 5.57 Å². The highest BCUT2D eigenvalue weighted by Gasteiger charge is 2.11. The van der Waals surface area contributed by atoms with Gasteiger partial charge in [-0.1, -0.05) is 84.4 Å². The van der Waals surface area contributed by atoms with E-state index in [4.69, 9.17) is 0 Å². The summed E-state index contributed by atoms with van der Waals surface area (Å²) in [5.74, 6) is 0. The Hall–Kier alpha value is -2.60. The van der Waals surface area contributed by atoms with E-state index in [-0.39, 0.29) is 0 Å². The van der Waals surface area contributed by atoms with Crippen molar-refractivity contribution in [2.45, 2.75) is 20.8 Å². The van der Waals surface area contributed by atoms with E-state index < -0.39 is 0 Å². The highest BCUT2D eigenvalue weighted by atomic mass is 14.2. The fourth-order valence-corrected chi connectivity index (χ4v) is 3.03. The van der Waals surface area contributed by atoms with Crippen LogP contribution in [0.4, 0.5) is 0 Å². The van der Waals surface area contributed by atoms with Crippen molar-refractivity contribution in [3.63, 3.8) is 0 Å². The molecular formula is C23H22. The van der Waals surface area contributed by atoms with Crippen LogP contribution in [0.25, 0.3) is 16.7 Å². The standard InChI is InChI=1S/C23H22/c1-4-20(21-10-6-5-9-18(21)3)23-12-8-7-11-22(23)19-15-13-17(2)14-16-19/h4-16H,1-3H3/b20-4+. The van der Waals surface area contributed by atoms with Gasteiger partial charge in [-0.05, 0) is 54.2 Å². The molecule has 114 valence electrons. The Morgan fingerprint density at radius 3 is 1.96 bits per heavy atom. The molecule has 0 fully saturated rings. The number of hydrogen-bond donors (Lipinski definition) is 0. The number of allylic oxidation sites excluding steroid dienone is 1. The molecule has 0 spiro atoms. The first kappa shape index (κ1) is 15.3. The zero-order chi connectivity index (χ0) is 16.2. The average Bonchev–Trinajstić information content (AvgIpc) is 2.58. The van der Waals surface area contributed by atoms with Crippen LogP contribution in [0.2, 0.25) is 0 Å². The second-order valence-corrected chi connectivity index (χ2v) is 5.93. The van der Waals surface area contributed by atoms with Crippen molar-refractivity contribution in [3.05, 3.63) is 101 Å². The molecule has 0 unspecified atom stereocenters. The largest absolute Gasteiger partial charge is 0.0791 e. The summed E-state index contributed by atoms with van der Waals surface area (Å²) in [6, 6.07) is 26.0. The molecule has 23 heavy (non-hydrogen) atoms. The molecule has 0 heterocycles. The third-order valence-corrected chi connectivity index (χ3v) is 4.30. The molecule has 0 atom stereocenters. The Bertz CT molecular complexity index is 836. The number of hydrogen-bond acceptors (Lipinski definition) is 0. The van der Waals surface area contributed by atoms with E-state index >= 15 is 0 Å². The summed E-state index contributed by atoms with van der Waals surface area (Å²) in [7, 11) is 0.